The molecule has 0 saturated carbocycles. The van der Waals surface area contributed by atoms with Gasteiger partial charge in [-0.25, -0.2) is 0 Å². The van der Waals surface area contributed by atoms with Crippen molar-refractivity contribution in [2.45, 2.75) is 26.4 Å². The zero-order valence-corrected chi connectivity index (χ0v) is 8.92. The number of hydrogen-bond donors (Lipinski definition) is 2. The van der Waals surface area contributed by atoms with Gasteiger partial charge < -0.3 is 15.3 Å². The Bertz CT molecular complexity index is 165. The number of aliphatic hydroxyl groups is 1. The summed E-state index contributed by atoms with van der Waals surface area (Å²) in [5.74, 6) is -0.0898. The molecule has 0 unspecified atom stereocenters. The summed E-state index contributed by atoms with van der Waals surface area (Å²) >= 11 is 0. The van der Waals surface area contributed by atoms with Crippen LogP contribution < -0.4 is 5.32 Å². The van der Waals surface area contributed by atoms with Gasteiger partial charge in [0.2, 0.25) is 5.91 Å². The van der Waals surface area contributed by atoms with Crippen molar-refractivity contribution in [3.05, 3.63) is 0 Å². The molecule has 1 aliphatic rings. The first-order valence-electron chi connectivity index (χ1n) is 4.67. The van der Waals surface area contributed by atoms with Crippen LogP contribution in [-0.2, 0) is 4.79 Å². The van der Waals surface area contributed by atoms with E-state index in [-0.39, 0.29) is 5.91 Å². The molecule has 4 nitrogen and oxygen atoms in total. The Kier molecular flexibility index (Phi) is 4.95. The van der Waals surface area contributed by atoms with Gasteiger partial charge in [-0.2, -0.15) is 0 Å². The van der Waals surface area contributed by atoms with Gasteiger partial charge in [0.1, 0.15) is 5.60 Å². The molecule has 13 heavy (non-hydrogen) atoms. The van der Waals surface area contributed by atoms with E-state index in [0.717, 1.165) is 0 Å². The first-order chi connectivity index (χ1) is 6.02. The maximum atomic E-state index is 10.5. The van der Waals surface area contributed by atoms with Crippen LogP contribution in [0.3, 0.4) is 0 Å². The fourth-order valence-corrected chi connectivity index (χ4v) is 1.36. The smallest absolute Gasteiger partial charge is 0.216 e. The van der Waals surface area contributed by atoms with Gasteiger partial charge in [-0.3, -0.25) is 4.79 Å². The minimum absolute atomic E-state index is 0.0898. The second-order valence-electron chi connectivity index (χ2n) is 3.31. The number of likely N-dealkylation sites (tertiary alicyclic amines) is 1. The third kappa shape index (κ3) is 4.24. The summed E-state index contributed by atoms with van der Waals surface area (Å²) in [4.78, 5) is 12.5. The van der Waals surface area contributed by atoms with Crippen LogP contribution in [0.5, 0.6) is 0 Å². The van der Waals surface area contributed by atoms with Crippen molar-refractivity contribution in [3.63, 3.8) is 0 Å². The molecule has 0 aliphatic carbocycles. The second-order valence-corrected chi connectivity index (χ2v) is 3.31. The molecule has 0 atom stereocenters. The van der Waals surface area contributed by atoms with E-state index in [1.54, 1.807) is 0 Å². The van der Waals surface area contributed by atoms with Gasteiger partial charge in [0.05, 0.1) is 0 Å². The highest BCUT2D eigenvalue weighted by Crippen LogP contribution is 2.16. The van der Waals surface area contributed by atoms with E-state index in [1.807, 2.05) is 25.8 Å². The number of carbonyl (C=O) groups excluding carboxylic acids is 1. The van der Waals surface area contributed by atoms with Crippen molar-refractivity contribution >= 4 is 5.91 Å². The summed E-state index contributed by atoms with van der Waals surface area (Å²) in [6.45, 7) is 7.11. The summed E-state index contributed by atoms with van der Waals surface area (Å²) in [5.41, 5.74) is -0.680. The number of carbonyl (C=O) groups is 1. The minimum Gasteiger partial charge on any atom is -0.385 e. The standard InChI is InChI=1S/C7H14N2O2.C2H6/c1-6(10)8-3-7(11)4-9(2)5-7;1-2/h11H,3-5H2,1-2H3,(H,8,10);1-2H3. The average molecular weight is 188 g/mol. The van der Waals surface area contributed by atoms with Gasteiger partial charge in [-0.05, 0) is 7.05 Å². The number of nitrogens with one attached hydrogen (secondary N) is 1. The molecule has 4 heteroatoms. The number of β-amino-alcohol motifs (C(OH)–C–C–N with tert-alkyl or cyclic N) is 1. The van der Waals surface area contributed by atoms with E-state index < -0.39 is 5.60 Å². The summed E-state index contributed by atoms with van der Waals surface area (Å²) < 4.78 is 0. The molecule has 1 rings (SSSR count). The number of hydrogen-bond acceptors (Lipinski definition) is 3. The van der Waals surface area contributed by atoms with Crippen molar-refractivity contribution in [2.24, 2.45) is 0 Å². The van der Waals surface area contributed by atoms with E-state index in [4.69, 9.17) is 0 Å². The first kappa shape index (κ1) is 12.4. The lowest BCUT2D eigenvalue weighted by Gasteiger charge is -2.44. The SMILES string of the molecule is CC.CC(=O)NCC1(O)CN(C)C1. The Hall–Kier alpha value is -0.610. The Morgan fingerprint density at radius 1 is 1.54 bits per heavy atom. The molecule has 78 valence electrons. The zero-order chi connectivity index (χ0) is 10.5. The Morgan fingerprint density at radius 2 is 2.00 bits per heavy atom. The molecule has 0 spiro atoms. The fourth-order valence-electron chi connectivity index (χ4n) is 1.36. The van der Waals surface area contributed by atoms with E-state index in [0.29, 0.717) is 19.6 Å². The highest BCUT2D eigenvalue weighted by Gasteiger charge is 2.38. The Balaban J connectivity index is 0.000000671. The molecule has 0 aromatic carbocycles. The number of nitrogens with zero attached hydrogens (tertiary/aromatic N) is 1. The molecule has 0 radical (unpaired) electrons. The van der Waals surface area contributed by atoms with Gasteiger partial charge in [0.25, 0.3) is 0 Å². The van der Waals surface area contributed by atoms with Crippen molar-refractivity contribution in [2.75, 3.05) is 26.7 Å². The van der Waals surface area contributed by atoms with E-state index in [1.165, 1.54) is 6.92 Å². The van der Waals surface area contributed by atoms with Crippen LogP contribution in [0.15, 0.2) is 0 Å². The Labute approximate surface area is 79.9 Å². The summed E-state index contributed by atoms with van der Waals surface area (Å²) in [6, 6.07) is 0. The monoisotopic (exact) mass is 188 g/mol. The molecule has 0 bridgehead atoms. The molecule has 1 heterocycles. The molecular weight excluding hydrogens is 168 g/mol. The molecule has 1 fully saturated rings. The van der Waals surface area contributed by atoms with Gasteiger partial charge in [0.15, 0.2) is 0 Å². The first-order valence-corrected chi connectivity index (χ1v) is 4.67. The second kappa shape index (κ2) is 5.19. The van der Waals surface area contributed by atoms with Crippen LogP contribution >= 0.6 is 0 Å². The highest BCUT2D eigenvalue weighted by molar-refractivity contribution is 5.72. The van der Waals surface area contributed by atoms with Gasteiger partial charge in [0, 0.05) is 26.6 Å². The van der Waals surface area contributed by atoms with Crippen LogP contribution in [0.1, 0.15) is 20.8 Å². The Morgan fingerprint density at radius 3 is 2.31 bits per heavy atom. The van der Waals surface area contributed by atoms with Crippen molar-refractivity contribution < 1.29 is 9.90 Å². The average Bonchev–Trinajstić information content (AvgIpc) is 2.02. The highest BCUT2D eigenvalue weighted by atomic mass is 16.3. The minimum atomic E-state index is -0.680. The zero-order valence-electron chi connectivity index (χ0n) is 8.92. The lowest BCUT2D eigenvalue weighted by Crippen LogP contribution is -2.64. The van der Waals surface area contributed by atoms with Crippen molar-refractivity contribution in [1.29, 1.82) is 0 Å². The normalized spacial score (nSPS) is 19.5. The molecular formula is C9H20N2O2. The predicted molar refractivity (Wildman–Crippen MR) is 52.5 cm³/mol. The topological polar surface area (TPSA) is 52.6 Å². The molecule has 1 amide bonds. The largest absolute Gasteiger partial charge is 0.385 e. The van der Waals surface area contributed by atoms with Crippen LogP contribution in [0.2, 0.25) is 0 Å². The number of rotatable bonds is 2. The third-order valence-corrected chi connectivity index (χ3v) is 1.79. The van der Waals surface area contributed by atoms with Gasteiger partial charge in [-0.1, -0.05) is 13.8 Å². The maximum Gasteiger partial charge on any atom is 0.216 e. The van der Waals surface area contributed by atoms with Crippen LogP contribution in [0, 0.1) is 0 Å². The predicted octanol–water partition coefficient (Wildman–Crippen LogP) is -0.175. The molecule has 2 N–H and O–H groups in total. The lowest BCUT2D eigenvalue weighted by atomic mass is 9.95. The lowest BCUT2D eigenvalue weighted by molar-refractivity contribution is -0.123. The van der Waals surface area contributed by atoms with E-state index in [9.17, 15) is 9.90 Å². The quantitative estimate of drug-likeness (QED) is 0.632. The van der Waals surface area contributed by atoms with E-state index >= 15 is 0 Å². The number of likely N-dealkylation sites (N-methyl/N-ethyl adjacent to an activating group) is 1. The molecule has 0 aromatic rings. The van der Waals surface area contributed by atoms with Crippen LogP contribution in [0.4, 0.5) is 0 Å². The third-order valence-electron chi connectivity index (χ3n) is 1.79. The van der Waals surface area contributed by atoms with Crippen LogP contribution in [0.25, 0.3) is 0 Å². The van der Waals surface area contributed by atoms with Crippen LogP contribution in [-0.4, -0.2) is 48.2 Å². The molecule has 1 saturated heterocycles. The maximum absolute atomic E-state index is 10.5. The number of amides is 1. The van der Waals surface area contributed by atoms with Crippen molar-refractivity contribution in [1.82, 2.24) is 10.2 Å². The molecule has 0 aromatic heterocycles. The van der Waals surface area contributed by atoms with Gasteiger partial charge in [-0.15, -0.1) is 0 Å². The van der Waals surface area contributed by atoms with Gasteiger partial charge >= 0.3 is 0 Å². The molecule has 1 aliphatic heterocycles. The summed E-state index contributed by atoms with van der Waals surface area (Å²) in [6.07, 6.45) is 0. The fraction of sp³-hybridized carbons (Fsp3) is 0.889. The van der Waals surface area contributed by atoms with E-state index in [2.05, 4.69) is 5.32 Å². The van der Waals surface area contributed by atoms with Crippen molar-refractivity contribution in [3.8, 4) is 0 Å². The summed E-state index contributed by atoms with van der Waals surface area (Å²) in [5, 5.41) is 12.2. The summed E-state index contributed by atoms with van der Waals surface area (Å²) in [7, 11) is 1.93.